The summed E-state index contributed by atoms with van der Waals surface area (Å²) in [6.07, 6.45) is 0.818. The van der Waals surface area contributed by atoms with E-state index in [9.17, 15) is 27.6 Å². The molecule has 30 heteroatoms. The molecule has 3 aliphatic heterocycles. The minimum Gasteiger partial charge on any atom is -0.444 e. The Balaban J connectivity index is 0.000000204. The molecular weight excluding hydrogens is 864 g/mol. The number of carbonyl (C=O) groups is 3. The number of nitrogens with one attached hydrogen (secondary N) is 5. The third kappa shape index (κ3) is 16.0. The van der Waals surface area contributed by atoms with Crippen molar-refractivity contribution in [2.75, 3.05) is 45.0 Å². The second kappa shape index (κ2) is 26.4. The lowest BCUT2D eigenvalue weighted by molar-refractivity contribution is -0.115. The number of nitrogens with zero attached hydrogens (tertiary/aromatic N) is 2. The Bertz CT molecular complexity index is 2470. The van der Waals surface area contributed by atoms with Gasteiger partial charge in [-0.1, -0.05) is 37.8 Å². The third-order valence-corrected chi connectivity index (χ3v) is 11.0. The second-order valence-corrected chi connectivity index (χ2v) is 16.2. The predicted octanol–water partition coefficient (Wildman–Crippen LogP) is 1.44. The number of imidazole rings is 1. The smallest absolute Gasteiger partial charge is 0.412 e. The van der Waals surface area contributed by atoms with Crippen LogP contribution >= 0.6 is 0 Å². The first kappa shape index (κ1) is 56.1. The number of anilines is 6. The van der Waals surface area contributed by atoms with E-state index < -0.39 is 56.0 Å². The van der Waals surface area contributed by atoms with Crippen LogP contribution in [0.15, 0.2) is 79.3 Å². The second-order valence-electron chi connectivity index (χ2n) is 16.2. The van der Waals surface area contributed by atoms with E-state index in [0.29, 0.717) is 17.8 Å². The molecule has 0 aliphatic carbocycles. The fourth-order valence-electron chi connectivity index (χ4n) is 7.71. The van der Waals surface area contributed by atoms with Crippen LogP contribution in [0.2, 0.25) is 0 Å². The summed E-state index contributed by atoms with van der Waals surface area (Å²) < 4.78 is 45.6. The summed E-state index contributed by atoms with van der Waals surface area (Å²) in [5.74, 6) is -1.70. The predicted molar refractivity (Wildman–Crippen MR) is 289 cm³/mol. The van der Waals surface area contributed by atoms with E-state index in [1.165, 1.54) is 38.3 Å². The molecule has 3 aliphatic rings. The third-order valence-electron chi connectivity index (χ3n) is 11.0. The van der Waals surface area contributed by atoms with E-state index in [2.05, 4.69) is 36.1 Å². The molecule has 0 fully saturated rings. The molecule has 1 aromatic heterocycles. The topological polar surface area (TPSA) is 166 Å². The number of hydrogen-bond acceptors (Lipinski definition) is 8. The number of ether oxygens (including phenoxy) is 1. The molecule has 0 spiro atoms. The molecule has 5 aromatic rings. The maximum Gasteiger partial charge on any atom is 0.412 e. The van der Waals surface area contributed by atoms with Crippen molar-refractivity contribution in [3.8, 4) is 0 Å². The largest absolute Gasteiger partial charge is 0.444 e. The molecule has 69 heavy (non-hydrogen) atoms. The number of halogens is 3. The summed E-state index contributed by atoms with van der Waals surface area (Å²) in [6.45, 7) is 3.83. The van der Waals surface area contributed by atoms with E-state index >= 15 is 0 Å². The Morgan fingerprint density at radius 3 is 2.09 bits per heavy atom. The standard InChI is InChI=1S/C16H15FN2O2.C14H15FN4O.C8H7FN2O.CH4.B15/c17-13-8-12-6-7-18-14(12)9-15(13)19-16(20)21-10-11-4-2-1-3-5-11;1-9(20)18-13-5-14-10(4-12(13)15)2-3-19(14)7-11-6-16-8-17-11;9-5-1-4-2-8(12)11-7(4)3-6(5)10;;1-9-13(8)15(12(6)7)14(10(2)3)11(4)5/h1-5,8-9,18H,6-7,10H2,(H,19,20);4-6,8H,2-3,7H2,1H3,(H,16,17)(H,18,20);1,3H,2,10H2,(H,11,12);1H4;. The van der Waals surface area contributed by atoms with Gasteiger partial charge in [0.1, 0.15) is 24.1 Å². The van der Waals surface area contributed by atoms with Gasteiger partial charge < -0.3 is 36.3 Å². The van der Waals surface area contributed by atoms with Crippen LogP contribution in [-0.2, 0) is 46.7 Å². The van der Waals surface area contributed by atoms with Gasteiger partial charge in [-0.2, -0.15) is 0 Å². The average molecular weight is 905 g/mol. The SMILES string of the molecule is C.CC(=O)Nc1cc2c(cc1F)CCN2Cc1cnc[nH]1.Nc1cc2c(cc1F)CC(=O)N2.O=C(Nc1cc2c(cc1F)CCN2)OCc1ccccc1.[B][B]B([B])B(B([B])[B])B(B([B])[B])B([B])[B]. The molecule has 0 saturated heterocycles. The molecule has 17 radical (unpaired) electrons. The Hall–Kier alpha value is -5.54. The average Bonchev–Trinajstić information content (AvgIpc) is 4.12. The maximum atomic E-state index is 13.9. The molecule has 7 N–H and O–H groups in total. The summed E-state index contributed by atoms with van der Waals surface area (Å²) in [5.41, 5.74) is 12.6. The highest BCUT2D eigenvalue weighted by Crippen LogP contribution is 2.34. The number of fused-ring (bicyclic) bond motifs is 3. The molecule has 0 saturated carbocycles. The van der Waals surface area contributed by atoms with Gasteiger partial charge in [0, 0.05) is 151 Å². The number of amides is 3. The Morgan fingerprint density at radius 1 is 0.841 bits per heavy atom. The van der Waals surface area contributed by atoms with Gasteiger partial charge in [0.15, 0.2) is 0 Å². The van der Waals surface area contributed by atoms with Crippen molar-refractivity contribution in [3.63, 3.8) is 0 Å². The van der Waals surface area contributed by atoms with E-state index in [0.717, 1.165) is 59.7 Å². The first-order chi connectivity index (χ1) is 32.3. The molecular formula is C39H41B15F3N8O4. The number of aromatic amines is 1. The van der Waals surface area contributed by atoms with E-state index in [1.807, 2.05) is 30.3 Å². The minimum absolute atomic E-state index is 0. The Labute approximate surface area is 416 Å². The number of hydrogen-bond donors (Lipinski definition) is 6. The fraction of sp³-hybridized carbons (Fsp3) is 0.231. The monoisotopic (exact) mass is 907 g/mol. The first-order valence-corrected chi connectivity index (χ1v) is 21.4. The van der Waals surface area contributed by atoms with Gasteiger partial charge in [-0.3, -0.25) is 14.9 Å². The zero-order chi connectivity index (χ0) is 49.7. The highest BCUT2D eigenvalue weighted by molar-refractivity contribution is 8.12. The van der Waals surface area contributed by atoms with Crippen LogP contribution in [0.4, 0.5) is 52.1 Å². The van der Waals surface area contributed by atoms with Crippen LogP contribution in [0.25, 0.3) is 0 Å². The summed E-state index contributed by atoms with van der Waals surface area (Å²) in [4.78, 5) is 42.9. The van der Waals surface area contributed by atoms with E-state index in [4.69, 9.17) is 72.4 Å². The normalized spacial score (nSPS) is 12.1. The molecule has 12 nitrogen and oxygen atoms in total. The summed E-state index contributed by atoms with van der Waals surface area (Å²) in [6, 6.07) is 18.3. The number of H-pyrrole nitrogens is 1. The molecule has 0 bridgehead atoms. The molecule has 0 atom stereocenters. The van der Waals surface area contributed by atoms with Crippen LogP contribution in [-0.4, -0.2) is 148 Å². The summed E-state index contributed by atoms with van der Waals surface area (Å²) in [7, 11) is 45.8. The van der Waals surface area contributed by atoms with Gasteiger partial charge in [-0.25, -0.2) is 22.9 Å². The Morgan fingerprint density at radius 2 is 1.48 bits per heavy atom. The fourth-order valence-corrected chi connectivity index (χ4v) is 7.71. The quantitative estimate of drug-likeness (QED) is 0.0810. The van der Waals surface area contributed by atoms with Gasteiger partial charge in [-0.15, -0.1) is 0 Å². The van der Waals surface area contributed by atoms with Crippen LogP contribution in [0.3, 0.4) is 0 Å². The zero-order valence-electron chi connectivity index (χ0n) is 37.4. The van der Waals surface area contributed by atoms with Crippen LogP contribution < -0.4 is 31.9 Å². The molecule has 4 heterocycles. The number of nitrogen functional groups attached to an aromatic ring is 1. The number of nitrogens with two attached hydrogens (primary N) is 1. The molecule has 0 unspecified atom stereocenters. The lowest BCUT2D eigenvalue weighted by Crippen LogP contribution is -2.73. The highest BCUT2D eigenvalue weighted by Gasteiger charge is 2.36. The molecule has 8 rings (SSSR count). The summed E-state index contributed by atoms with van der Waals surface area (Å²) in [5, 5.41) is 10.7. The minimum atomic E-state index is -0.754. The van der Waals surface area contributed by atoms with Crippen molar-refractivity contribution in [2.24, 2.45) is 0 Å². The molecule has 327 valence electrons. The number of carbonyl (C=O) groups excluding carboxylic acids is 3. The van der Waals surface area contributed by atoms with Crippen molar-refractivity contribution >= 4 is 159 Å². The molecule has 4 aromatic carbocycles. The van der Waals surface area contributed by atoms with Gasteiger partial charge >= 0.3 is 6.09 Å². The van der Waals surface area contributed by atoms with Crippen molar-refractivity contribution in [3.05, 3.63) is 125 Å². The van der Waals surface area contributed by atoms with Gasteiger partial charge in [-0.05, 0) is 71.5 Å². The van der Waals surface area contributed by atoms with Crippen molar-refractivity contribution in [2.45, 2.75) is 46.8 Å². The van der Waals surface area contributed by atoms with Crippen LogP contribution in [0.1, 0.15) is 42.3 Å². The van der Waals surface area contributed by atoms with Crippen LogP contribution in [0, 0.1) is 17.5 Å². The lowest BCUT2D eigenvalue weighted by atomic mass is 8.46. The van der Waals surface area contributed by atoms with Gasteiger partial charge in [0.05, 0.1) is 42.0 Å². The van der Waals surface area contributed by atoms with Gasteiger partial charge in [0.25, 0.3) is 0 Å². The zero-order valence-corrected chi connectivity index (χ0v) is 37.4. The number of rotatable bonds is 12. The highest BCUT2D eigenvalue weighted by atomic mass is 19.1. The van der Waals surface area contributed by atoms with Crippen molar-refractivity contribution < 1.29 is 32.3 Å². The van der Waals surface area contributed by atoms with Crippen LogP contribution in [0.5, 0.6) is 0 Å². The van der Waals surface area contributed by atoms with E-state index in [-0.39, 0.29) is 55.1 Å². The summed E-state index contributed by atoms with van der Waals surface area (Å²) >= 11 is 0. The first-order valence-electron chi connectivity index (χ1n) is 21.4. The van der Waals surface area contributed by atoms with Gasteiger partial charge in [0.2, 0.25) is 11.8 Å². The number of benzene rings is 4. The van der Waals surface area contributed by atoms with Crippen molar-refractivity contribution in [1.29, 1.82) is 0 Å². The number of aromatic nitrogens is 2. The molecule has 3 amide bonds. The van der Waals surface area contributed by atoms with Crippen molar-refractivity contribution in [1.82, 2.24) is 9.97 Å². The lowest BCUT2D eigenvalue weighted by Gasteiger charge is -2.35. The van der Waals surface area contributed by atoms with E-state index in [1.54, 1.807) is 24.7 Å². The Kier molecular flexibility index (Phi) is 21.5. The maximum absolute atomic E-state index is 13.9.